The first kappa shape index (κ1) is 21.2. The molecule has 0 heterocycles. The molecule has 9 heteroatoms. The number of nitrogens with two attached hydrogens (primary N) is 1. The van der Waals surface area contributed by atoms with E-state index in [0.29, 0.717) is 28.1 Å². The second-order valence-electron chi connectivity index (χ2n) is 5.73. The lowest BCUT2D eigenvalue weighted by molar-refractivity contribution is 0.0939. The van der Waals surface area contributed by atoms with Gasteiger partial charge in [0.15, 0.2) is 11.5 Å². The van der Waals surface area contributed by atoms with Crippen molar-refractivity contribution in [3.8, 4) is 11.5 Å². The fraction of sp³-hybridized carbons (Fsp3) is 0.278. The van der Waals surface area contributed by atoms with E-state index >= 15 is 0 Å². The Morgan fingerprint density at radius 2 is 1.89 bits per heavy atom. The average Bonchev–Trinajstić information content (AvgIpc) is 2.62. The van der Waals surface area contributed by atoms with Crippen LogP contribution in [0, 0.1) is 0 Å². The highest BCUT2D eigenvalue weighted by Crippen LogP contribution is 2.36. The van der Waals surface area contributed by atoms with Gasteiger partial charge in [-0.1, -0.05) is 12.1 Å². The van der Waals surface area contributed by atoms with Crippen LogP contribution in [0.5, 0.6) is 11.5 Å². The van der Waals surface area contributed by atoms with Gasteiger partial charge in [-0.15, -0.1) is 0 Å². The molecule has 2 aromatic rings. The molecular formula is C18H21BrN2O5S. The number of nitrogens with one attached hydrogen (secondary N) is 1. The third-order valence-corrected chi connectivity index (χ3v) is 5.35. The summed E-state index contributed by atoms with van der Waals surface area (Å²) in [6, 6.07) is 8.94. The Labute approximate surface area is 167 Å². The van der Waals surface area contributed by atoms with Crippen LogP contribution >= 0.6 is 15.9 Å². The fourth-order valence-corrected chi connectivity index (χ4v) is 3.52. The summed E-state index contributed by atoms with van der Waals surface area (Å²) in [5.74, 6) is 0.671. The Morgan fingerprint density at radius 3 is 2.41 bits per heavy atom. The van der Waals surface area contributed by atoms with Gasteiger partial charge in [0.05, 0.1) is 29.1 Å². The molecule has 0 saturated heterocycles. The number of hydrogen-bond donors (Lipinski definition) is 2. The van der Waals surface area contributed by atoms with Gasteiger partial charge in [0.2, 0.25) is 10.0 Å². The molecule has 0 aliphatic heterocycles. The molecule has 0 bridgehead atoms. The van der Waals surface area contributed by atoms with Crippen molar-refractivity contribution in [1.82, 2.24) is 5.32 Å². The van der Waals surface area contributed by atoms with Crippen molar-refractivity contribution >= 4 is 31.9 Å². The number of carbonyl (C=O) groups excluding carboxylic acids is 1. The molecule has 0 aliphatic rings. The number of carbonyl (C=O) groups is 1. The van der Waals surface area contributed by atoms with Crippen LogP contribution in [0.2, 0.25) is 0 Å². The van der Waals surface area contributed by atoms with Crippen molar-refractivity contribution in [3.63, 3.8) is 0 Å². The fourth-order valence-electron chi connectivity index (χ4n) is 2.44. The van der Waals surface area contributed by atoms with Gasteiger partial charge in [0.1, 0.15) is 0 Å². The molecule has 0 fully saturated rings. The lowest BCUT2D eigenvalue weighted by atomic mass is 10.1. The van der Waals surface area contributed by atoms with Crippen LogP contribution < -0.4 is 19.9 Å². The first-order valence-corrected chi connectivity index (χ1v) is 10.4. The van der Waals surface area contributed by atoms with Crippen molar-refractivity contribution in [1.29, 1.82) is 0 Å². The Morgan fingerprint density at radius 1 is 1.26 bits per heavy atom. The van der Waals surface area contributed by atoms with E-state index < -0.39 is 10.0 Å². The van der Waals surface area contributed by atoms with Gasteiger partial charge in [-0.05, 0) is 59.6 Å². The number of hydrogen-bond acceptors (Lipinski definition) is 5. The van der Waals surface area contributed by atoms with Gasteiger partial charge in [-0.2, -0.15) is 0 Å². The van der Waals surface area contributed by atoms with Crippen LogP contribution in [0.3, 0.4) is 0 Å². The zero-order valence-electron chi connectivity index (χ0n) is 15.2. The van der Waals surface area contributed by atoms with Crippen LogP contribution in [0.25, 0.3) is 0 Å². The third-order valence-electron chi connectivity index (χ3n) is 3.84. The number of ether oxygens (including phenoxy) is 2. The summed E-state index contributed by atoms with van der Waals surface area (Å²) in [5, 5.41) is 7.95. The molecule has 0 saturated carbocycles. The maximum absolute atomic E-state index is 12.6. The highest BCUT2D eigenvalue weighted by molar-refractivity contribution is 9.10. The zero-order valence-corrected chi connectivity index (χ0v) is 17.6. The van der Waals surface area contributed by atoms with Gasteiger partial charge < -0.3 is 14.8 Å². The van der Waals surface area contributed by atoms with Crippen LogP contribution in [0.1, 0.15) is 35.8 Å². The summed E-state index contributed by atoms with van der Waals surface area (Å²) in [7, 11) is -2.25. The van der Waals surface area contributed by atoms with Gasteiger partial charge in [0.25, 0.3) is 5.91 Å². The Kier molecular flexibility index (Phi) is 6.85. The number of halogens is 1. The quantitative estimate of drug-likeness (QED) is 0.665. The van der Waals surface area contributed by atoms with E-state index in [0.717, 1.165) is 5.56 Å². The molecule has 3 N–H and O–H groups in total. The van der Waals surface area contributed by atoms with Crippen molar-refractivity contribution in [2.45, 2.75) is 24.8 Å². The summed E-state index contributed by atoms with van der Waals surface area (Å²) < 4.78 is 34.1. The van der Waals surface area contributed by atoms with Gasteiger partial charge in [0, 0.05) is 5.56 Å². The second kappa shape index (κ2) is 8.73. The summed E-state index contributed by atoms with van der Waals surface area (Å²) >= 11 is 3.39. The second-order valence-corrected chi connectivity index (χ2v) is 8.15. The van der Waals surface area contributed by atoms with Crippen LogP contribution in [0.4, 0.5) is 0 Å². The first-order chi connectivity index (χ1) is 12.7. The molecule has 2 rings (SSSR count). The summed E-state index contributed by atoms with van der Waals surface area (Å²) in [4.78, 5) is 12.6. The molecule has 0 aliphatic carbocycles. The van der Waals surface area contributed by atoms with Crippen LogP contribution in [-0.4, -0.2) is 28.0 Å². The highest BCUT2D eigenvalue weighted by Gasteiger charge is 2.18. The molecule has 7 nitrogen and oxygen atoms in total. The SMILES string of the molecule is CCOc1c(Br)cc(C(=O)N[C@@H](C)c2ccc(S(N)(=O)=O)cc2)cc1OC. The largest absolute Gasteiger partial charge is 0.493 e. The molecule has 1 atom stereocenters. The minimum Gasteiger partial charge on any atom is -0.493 e. The highest BCUT2D eigenvalue weighted by atomic mass is 79.9. The molecule has 146 valence electrons. The standard InChI is InChI=1S/C18H21BrN2O5S/c1-4-26-17-15(19)9-13(10-16(17)25-3)18(22)21-11(2)12-5-7-14(8-6-12)27(20,23)24/h5-11H,4H2,1-3H3,(H,21,22)(H2,20,23,24)/t11-/m0/s1. The van der Waals surface area contributed by atoms with E-state index in [2.05, 4.69) is 21.2 Å². The van der Waals surface area contributed by atoms with E-state index in [4.69, 9.17) is 14.6 Å². The molecule has 0 aromatic heterocycles. The monoisotopic (exact) mass is 456 g/mol. The average molecular weight is 457 g/mol. The van der Waals surface area contributed by atoms with Gasteiger partial charge in [-0.3, -0.25) is 4.79 Å². The first-order valence-electron chi connectivity index (χ1n) is 8.11. The minimum atomic E-state index is -3.75. The van der Waals surface area contributed by atoms with Crippen molar-refractivity contribution in [3.05, 3.63) is 52.0 Å². The van der Waals surface area contributed by atoms with Crippen molar-refractivity contribution in [2.75, 3.05) is 13.7 Å². The van der Waals surface area contributed by atoms with Crippen molar-refractivity contribution < 1.29 is 22.7 Å². The van der Waals surface area contributed by atoms with E-state index in [9.17, 15) is 13.2 Å². The van der Waals surface area contributed by atoms with Gasteiger partial charge in [-0.25, -0.2) is 13.6 Å². The lowest BCUT2D eigenvalue weighted by Gasteiger charge is -2.17. The number of amides is 1. The van der Waals surface area contributed by atoms with Crippen LogP contribution in [-0.2, 0) is 10.0 Å². The Balaban J connectivity index is 2.20. The number of sulfonamides is 1. The maximum Gasteiger partial charge on any atom is 0.251 e. The topological polar surface area (TPSA) is 108 Å². The Hall–Kier alpha value is -2.10. The number of benzene rings is 2. The summed E-state index contributed by atoms with van der Waals surface area (Å²) in [5.41, 5.74) is 1.14. The molecule has 0 radical (unpaired) electrons. The molecule has 1 amide bonds. The van der Waals surface area contributed by atoms with E-state index in [1.54, 1.807) is 31.2 Å². The number of methoxy groups -OCH3 is 1. The predicted octanol–water partition coefficient (Wildman–Crippen LogP) is 2.99. The third kappa shape index (κ3) is 5.21. The van der Waals surface area contributed by atoms with E-state index in [1.807, 2.05) is 6.92 Å². The van der Waals surface area contributed by atoms with Crippen LogP contribution in [0.15, 0.2) is 45.8 Å². The van der Waals surface area contributed by atoms with E-state index in [-0.39, 0.29) is 16.8 Å². The van der Waals surface area contributed by atoms with Gasteiger partial charge >= 0.3 is 0 Å². The molecule has 2 aromatic carbocycles. The number of primary sulfonamides is 1. The zero-order chi connectivity index (χ0) is 20.2. The summed E-state index contributed by atoms with van der Waals surface area (Å²) in [6.07, 6.45) is 0. The normalized spacial score (nSPS) is 12.3. The molecule has 0 spiro atoms. The Bertz CT molecular complexity index is 930. The number of rotatable bonds is 7. The minimum absolute atomic E-state index is 0.0185. The lowest BCUT2D eigenvalue weighted by Crippen LogP contribution is -2.26. The smallest absolute Gasteiger partial charge is 0.251 e. The molecule has 0 unspecified atom stereocenters. The maximum atomic E-state index is 12.6. The molecular weight excluding hydrogens is 436 g/mol. The predicted molar refractivity (Wildman–Crippen MR) is 106 cm³/mol. The van der Waals surface area contributed by atoms with E-state index in [1.165, 1.54) is 19.2 Å². The summed E-state index contributed by atoms with van der Waals surface area (Å²) in [6.45, 7) is 4.12. The molecule has 27 heavy (non-hydrogen) atoms. The van der Waals surface area contributed by atoms with Crippen molar-refractivity contribution in [2.24, 2.45) is 5.14 Å².